The van der Waals surface area contributed by atoms with Crippen molar-refractivity contribution in [1.29, 1.82) is 5.26 Å². The van der Waals surface area contributed by atoms with Gasteiger partial charge in [0, 0.05) is 135 Å². The Balaban J connectivity index is 0.672. The summed E-state index contributed by atoms with van der Waals surface area (Å²) < 4.78 is 0. The molecular formula is C60H69N11O5. The van der Waals surface area contributed by atoms with Crippen molar-refractivity contribution in [3.8, 4) is 17.2 Å². The van der Waals surface area contributed by atoms with Crippen molar-refractivity contribution < 1.29 is 24.0 Å². The van der Waals surface area contributed by atoms with Gasteiger partial charge < -0.3 is 29.8 Å². The summed E-state index contributed by atoms with van der Waals surface area (Å²) in [7, 11) is 0. The number of carbonyl (C=O) groups excluding carboxylic acids is 5. The van der Waals surface area contributed by atoms with Crippen LogP contribution in [0.15, 0.2) is 109 Å². The molecule has 0 atom stereocenters. The van der Waals surface area contributed by atoms with Crippen molar-refractivity contribution in [1.82, 2.24) is 44.7 Å². The number of anilines is 1. The summed E-state index contributed by atoms with van der Waals surface area (Å²) in [6.45, 7) is 10.6. The molecule has 5 fully saturated rings. The summed E-state index contributed by atoms with van der Waals surface area (Å²) in [5, 5.41) is 13.1. The van der Waals surface area contributed by atoms with E-state index >= 15 is 0 Å². The van der Waals surface area contributed by atoms with Crippen molar-refractivity contribution in [3.05, 3.63) is 149 Å². The number of aromatic nitrogens is 2. The van der Waals surface area contributed by atoms with Gasteiger partial charge in [0.05, 0.1) is 22.8 Å². The number of rotatable bonds is 13. The second-order valence-electron chi connectivity index (χ2n) is 21.0. The zero-order valence-corrected chi connectivity index (χ0v) is 43.5. The van der Waals surface area contributed by atoms with Gasteiger partial charge in [-0.2, -0.15) is 5.26 Å². The third-order valence-corrected chi connectivity index (χ3v) is 16.2. The number of piperidine rings is 1. The first-order valence-electron chi connectivity index (χ1n) is 27.4. The lowest BCUT2D eigenvalue weighted by atomic mass is 9.88. The molecule has 1 N–H and O–H groups in total. The first kappa shape index (κ1) is 52.0. The Kier molecular flexibility index (Phi) is 16.7. The normalized spacial score (nSPS) is 18.3. The average Bonchev–Trinajstić information content (AvgIpc) is 3.49. The van der Waals surface area contributed by atoms with E-state index in [2.05, 4.69) is 72.5 Å². The molecule has 0 bridgehead atoms. The summed E-state index contributed by atoms with van der Waals surface area (Å²) in [5.74, 6) is -0.224. The van der Waals surface area contributed by atoms with Gasteiger partial charge in [0.1, 0.15) is 11.4 Å². The molecule has 1 saturated carbocycles. The molecule has 5 aliphatic rings. The number of carbonyl (C=O) groups is 5. The first-order valence-corrected chi connectivity index (χ1v) is 27.4. The number of nitrogens with one attached hydrogen (secondary N) is 1. The lowest BCUT2D eigenvalue weighted by Gasteiger charge is -2.37. The second-order valence-corrected chi connectivity index (χ2v) is 21.0. The quantitative estimate of drug-likeness (QED) is 0.142. The Morgan fingerprint density at radius 1 is 0.539 bits per heavy atom. The van der Waals surface area contributed by atoms with E-state index in [1.165, 1.54) is 24.4 Å². The number of hydrogen-bond donors (Lipinski definition) is 1. The van der Waals surface area contributed by atoms with Gasteiger partial charge in [-0.1, -0.05) is 67.8 Å². The molecular weight excluding hydrogens is 955 g/mol. The molecule has 0 unspecified atom stereocenters. The Hall–Kier alpha value is -7.48. The fourth-order valence-corrected chi connectivity index (χ4v) is 11.6. The average molecular weight is 1020 g/mol. The molecule has 1 aliphatic carbocycles. The lowest BCUT2D eigenvalue weighted by molar-refractivity contribution is -0.138. The number of pyridine rings is 2. The highest BCUT2D eigenvalue weighted by Crippen LogP contribution is 2.31. The van der Waals surface area contributed by atoms with Gasteiger partial charge in [0.2, 0.25) is 5.91 Å². The molecule has 0 spiro atoms. The predicted octanol–water partition coefficient (Wildman–Crippen LogP) is 6.24. The second kappa shape index (κ2) is 24.5. The first-order chi connectivity index (χ1) is 37.2. The molecule has 5 amide bonds. The van der Waals surface area contributed by atoms with Crippen LogP contribution in [0.1, 0.15) is 103 Å². The van der Waals surface area contributed by atoms with Crippen LogP contribution in [0.3, 0.4) is 0 Å². The smallest absolute Gasteiger partial charge is 0.272 e. The molecule has 6 heterocycles. The molecule has 76 heavy (non-hydrogen) atoms. The van der Waals surface area contributed by atoms with Gasteiger partial charge in [-0.15, -0.1) is 0 Å². The number of hydrogen-bond acceptors (Lipinski definition) is 11. The van der Waals surface area contributed by atoms with Gasteiger partial charge in [-0.3, -0.25) is 43.7 Å². The number of likely N-dealkylation sites (tertiary alicyclic amines) is 1. The molecule has 16 heteroatoms. The van der Waals surface area contributed by atoms with Crippen LogP contribution in [-0.2, 0) is 17.8 Å². The van der Waals surface area contributed by atoms with Gasteiger partial charge in [0.25, 0.3) is 23.6 Å². The monoisotopic (exact) mass is 1020 g/mol. The van der Waals surface area contributed by atoms with Gasteiger partial charge in [0.15, 0.2) is 0 Å². The fraction of sp³-hybridized carbons (Fsp3) is 0.433. The number of para-hydroxylation sites is 1. The SMILES string of the molecule is N#Cc1ccc(CN2CCC(NC(=O)c3ccc(C(=O)N4CCN(C(=O)C5CCCCC5)CC4)cn3)CC2)c(-c2ccccc2CCN2CCN(C(=O)c3ccc(C(=O)N4CCN(c5ccccc5)CC4)cn3)CC2)c1. The van der Waals surface area contributed by atoms with E-state index in [1.54, 1.807) is 29.2 Å². The number of nitrogens with zero attached hydrogens (tertiary/aromatic N) is 10. The van der Waals surface area contributed by atoms with E-state index in [0.717, 1.165) is 113 Å². The van der Waals surface area contributed by atoms with Crippen LogP contribution in [0.4, 0.5) is 5.69 Å². The summed E-state index contributed by atoms with van der Waals surface area (Å²) in [4.78, 5) is 90.0. The summed E-state index contributed by atoms with van der Waals surface area (Å²) in [6, 6.07) is 33.6. The Labute approximate surface area is 446 Å². The summed E-state index contributed by atoms with van der Waals surface area (Å²) in [6.07, 6.45) is 10.7. The van der Waals surface area contributed by atoms with E-state index in [4.69, 9.17) is 0 Å². The third kappa shape index (κ3) is 12.4. The van der Waals surface area contributed by atoms with Gasteiger partial charge in [-0.05, 0) is 103 Å². The molecule has 394 valence electrons. The molecule has 16 nitrogen and oxygen atoms in total. The Morgan fingerprint density at radius 3 is 1.78 bits per heavy atom. The van der Waals surface area contributed by atoms with Crippen molar-refractivity contribution in [2.45, 2.75) is 64.0 Å². The molecule has 3 aromatic carbocycles. The van der Waals surface area contributed by atoms with Crippen LogP contribution in [0, 0.1) is 17.2 Å². The fourth-order valence-electron chi connectivity index (χ4n) is 11.6. The van der Waals surface area contributed by atoms with E-state index in [-0.39, 0.29) is 47.2 Å². The topological polar surface area (TPSA) is 170 Å². The highest BCUT2D eigenvalue weighted by Gasteiger charge is 2.31. The van der Waals surface area contributed by atoms with Crippen LogP contribution in [0.5, 0.6) is 0 Å². The highest BCUT2D eigenvalue weighted by molar-refractivity contribution is 5.97. The highest BCUT2D eigenvalue weighted by atomic mass is 16.2. The van der Waals surface area contributed by atoms with Crippen molar-refractivity contribution in [3.63, 3.8) is 0 Å². The largest absolute Gasteiger partial charge is 0.368 e. The molecule has 4 aliphatic heterocycles. The zero-order valence-electron chi connectivity index (χ0n) is 43.5. The maximum atomic E-state index is 13.6. The van der Waals surface area contributed by atoms with E-state index in [9.17, 15) is 29.2 Å². The van der Waals surface area contributed by atoms with Crippen LogP contribution in [0.2, 0.25) is 0 Å². The Bertz CT molecular complexity index is 2870. The van der Waals surface area contributed by atoms with Gasteiger partial charge >= 0.3 is 0 Å². The molecule has 5 aromatic rings. The van der Waals surface area contributed by atoms with E-state index in [0.29, 0.717) is 81.3 Å². The minimum atomic E-state index is -0.258. The number of benzene rings is 3. The van der Waals surface area contributed by atoms with Crippen LogP contribution < -0.4 is 10.2 Å². The summed E-state index contributed by atoms with van der Waals surface area (Å²) in [5.41, 5.74) is 7.80. The lowest BCUT2D eigenvalue weighted by Crippen LogP contribution is -2.52. The van der Waals surface area contributed by atoms with Crippen LogP contribution >= 0.6 is 0 Å². The zero-order chi connectivity index (χ0) is 52.4. The molecule has 4 saturated heterocycles. The molecule has 0 radical (unpaired) electrons. The van der Waals surface area contributed by atoms with Gasteiger partial charge in [-0.25, -0.2) is 0 Å². The maximum absolute atomic E-state index is 13.6. The van der Waals surface area contributed by atoms with Crippen LogP contribution in [0.25, 0.3) is 11.1 Å². The minimum absolute atomic E-state index is 0.0149. The van der Waals surface area contributed by atoms with Crippen LogP contribution in [-0.4, -0.2) is 173 Å². The number of piperazine rings is 3. The van der Waals surface area contributed by atoms with Crippen molar-refractivity contribution in [2.24, 2.45) is 5.92 Å². The predicted molar refractivity (Wildman–Crippen MR) is 290 cm³/mol. The summed E-state index contributed by atoms with van der Waals surface area (Å²) >= 11 is 0. The van der Waals surface area contributed by atoms with Crippen molar-refractivity contribution >= 4 is 35.2 Å². The van der Waals surface area contributed by atoms with E-state index < -0.39 is 0 Å². The number of amides is 5. The number of nitriles is 1. The molecule has 10 rings (SSSR count). The molecule has 2 aromatic heterocycles. The van der Waals surface area contributed by atoms with Crippen molar-refractivity contribution in [2.75, 3.05) is 103 Å². The standard InChI is InChI=1S/C60H69N11O5/c61-40-44-15-16-49(43-66-25-22-50(23-26-66)64-56(72)54-19-17-47(41-62-54)58(74)70-37-35-68(36-38-70)57(73)46-10-3-1-4-11-46)53(39-44)52-14-8-7-9-45(52)21-24-65-27-29-71(30-28-65)60(76)55-20-18-48(42-63-55)59(75)69-33-31-67(32-34-69)51-12-5-2-6-13-51/h2,5-9,12-20,39,41-42,46,50H,1,3-4,10-11,21-38,43H2,(H,64,72). The maximum Gasteiger partial charge on any atom is 0.272 e. The minimum Gasteiger partial charge on any atom is -0.368 e. The third-order valence-electron chi connectivity index (χ3n) is 16.2. The van der Waals surface area contributed by atoms with E-state index in [1.807, 2.05) is 51.1 Å². The Morgan fingerprint density at radius 2 is 1.13 bits per heavy atom.